The van der Waals surface area contributed by atoms with Crippen LogP contribution in [0.5, 0.6) is 5.75 Å². The molecule has 2 aromatic rings. The van der Waals surface area contributed by atoms with Gasteiger partial charge in [0.2, 0.25) is 5.91 Å². The molecule has 0 aliphatic heterocycles. The lowest BCUT2D eigenvalue weighted by molar-refractivity contribution is -0.115. The van der Waals surface area contributed by atoms with Gasteiger partial charge in [0.1, 0.15) is 11.6 Å². The van der Waals surface area contributed by atoms with Crippen molar-refractivity contribution in [2.45, 2.75) is 37.7 Å². The summed E-state index contributed by atoms with van der Waals surface area (Å²) >= 11 is 1.36. The summed E-state index contributed by atoms with van der Waals surface area (Å²) in [5.41, 5.74) is 1.71. The number of rotatable bonds is 7. The molecule has 0 saturated heterocycles. The number of ether oxygens (including phenoxy) is 1. The fourth-order valence-electron chi connectivity index (χ4n) is 2.15. The van der Waals surface area contributed by atoms with E-state index in [1.54, 1.807) is 13.2 Å². The first kappa shape index (κ1) is 18.1. The second-order valence-electron chi connectivity index (χ2n) is 5.38. The van der Waals surface area contributed by atoms with Crippen LogP contribution in [0.25, 0.3) is 0 Å². The number of allylic oxidation sites excluding steroid dienone is 1. The van der Waals surface area contributed by atoms with Gasteiger partial charge in [-0.15, -0.1) is 16.8 Å². The number of anilines is 1. The highest BCUT2D eigenvalue weighted by molar-refractivity contribution is 8.00. The Morgan fingerprint density at radius 2 is 2.21 bits per heavy atom. The Labute approximate surface area is 146 Å². The highest BCUT2D eigenvalue weighted by Crippen LogP contribution is 2.28. The zero-order chi connectivity index (χ0) is 17.7. The summed E-state index contributed by atoms with van der Waals surface area (Å²) in [5, 5.41) is 11.5. The lowest BCUT2D eigenvalue weighted by Crippen LogP contribution is -2.23. The van der Waals surface area contributed by atoms with E-state index in [0.717, 1.165) is 11.4 Å². The molecule has 7 heteroatoms. The zero-order valence-corrected chi connectivity index (χ0v) is 15.2. The standard InChI is InChI=1S/C17H22N4O2S/c1-6-9-21-13(4)19-20-17(21)24-12(3)16(22)18-14-10-11(2)7-8-15(14)23-5/h6-8,10,12H,1,9H2,2-5H3,(H,18,22). The van der Waals surface area contributed by atoms with Gasteiger partial charge in [0.15, 0.2) is 5.16 Å². The molecule has 0 spiro atoms. The van der Waals surface area contributed by atoms with Gasteiger partial charge in [0.05, 0.1) is 18.0 Å². The number of nitrogens with zero attached hydrogens (tertiary/aromatic N) is 3. The lowest BCUT2D eigenvalue weighted by Gasteiger charge is -2.15. The number of hydrogen-bond acceptors (Lipinski definition) is 5. The largest absolute Gasteiger partial charge is 0.495 e. The number of methoxy groups -OCH3 is 1. The highest BCUT2D eigenvalue weighted by Gasteiger charge is 2.20. The molecule has 0 saturated carbocycles. The maximum atomic E-state index is 12.5. The van der Waals surface area contributed by atoms with Crippen LogP contribution >= 0.6 is 11.8 Å². The highest BCUT2D eigenvalue weighted by atomic mass is 32.2. The predicted octanol–water partition coefficient (Wildman–Crippen LogP) is 3.21. The van der Waals surface area contributed by atoms with E-state index in [4.69, 9.17) is 4.74 Å². The number of aromatic nitrogens is 3. The average Bonchev–Trinajstić information content (AvgIpc) is 2.88. The number of amides is 1. The molecule has 1 amide bonds. The monoisotopic (exact) mass is 346 g/mol. The van der Waals surface area contributed by atoms with Crippen LogP contribution in [0.2, 0.25) is 0 Å². The first-order chi connectivity index (χ1) is 11.5. The third kappa shape index (κ3) is 4.17. The van der Waals surface area contributed by atoms with Crippen molar-refractivity contribution in [2.24, 2.45) is 0 Å². The smallest absolute Gasteiger partial charge is 0.237 e. The van der Waals surface area contributed by atoms with Crippen LogP contribution in [-0.4, -0.2) is 33.0 Å². The number of aryl methyl sites for hydroxylation is 2. The Balaban J connectivity index is 2.10. The summed E-state index contributed by atoms with van der Waals surface area (Å²) < 4.78 is 7.22. The second kappa shape index (κ2) is 8.01. The van der Waals surface area contributed by atoms with Crippen molar-refractivity contribution in [3.63, 3.8) is 0 Å². The summed E-state index contributed by atoms with van der Waals surface area (Å²) in [6, 6.07) is 5.67. The molecule has 6 nitrogen and oxygen atoms in total. The van der Waals surface area contributed by atoms with E-state index < -0.39 is 0 Å². The predicted molar refractivity (Wildman–Crippen MR) is 96.6 cm³/mol. The van der Waals surface area contributed by atoms with Crippen LogP contribution in [0.3, 0.4) is 0 Å². The van der Waals surface area contributed by atoms with Crippen molar-refractivity contribution in [3.8, 4) is 5.75 Å². The first-order valence-electron chi connectivity index (χ1n) is 7.59. The van der Waals surface area contributed by atoms with E-state index in [1.807, 2.05) is 43.5 Å². The number of carbonyl (C=O) groups is 1. The van der Waals surface area contributed by atoms with Gasteiger partial charge in [-0.2, -0.15) is 0 Å². The molecule has 0 radical (unpaired) electrons. The Hall–Kier alpha value is -2.28. The number of carbonyl (C=O) groups excluding carboxylic acids is 1. The van der Waals surface area contributed by atoms with Gasteiger partial charge in [-0.1, -0.05) is 23.9 Å². The molecule has 128 valence electrons. The molecule has 0 fully saturated rings. The number of benzene rings is 1. The van der Waals surface area contributed by atoms with E-state index in [-0.39, 0.29) is 11.2 Å². The van der Waals surface area contributed by atoms with Crippen LogP contribution in [0.1, 0.15) is 18.3 Å². The summed E-state index contributed by atoms with van der Waals surface area (Å²) in [7, 11) is 1.58. The number of hydrogen-bond donors (Lipinski definition) is 1. The average molecular weight is 346 g/mol. The minimum atomic E-state index is -0.331. The normalized spacial score (nSPS) is 11.8. The Bertz CT molecular complexity index is 742. The molecule has 1 aromatic carbocycles. The van der Waals surface area contributed by atoms with E-state index in [1.165, 1.54) is 11.8 Å². The van der Waals surface area contributed by atoms with Crippen LogP contribution in [-0.2, 0) is 11.3 Å². The van der Waals surface area contributed by atoms with Gasteiger partial charge in [-0.05, 0) is 38.5 Å². The van der Waals surface area contributed by atoms with Gasteiger partial charge < -0.3 is 14.6 Å². The second-order valence-corrected chi connectivity index (χ2v) is 6.69. The number of thioether (sulfide) groups is 1. The van der Waals surface area contributed by atoms with E-state index in [2.05, 4.69) is 22.1 Å². The van der Waals surface area contributed by atoms with Crippen molar-refractivity contribution in [1.82, 2.24) is 14.8 Å². The molecule has 1 N–H and O–H groups in total. The topological polar surface area (TPSA) is 69.0 Å². The summed E-state index contributed by atoms with van der Waals surface area (Å²) in [6.45, 7) is 10.0. The maximum Gasteiger partial charge on any atom is 0.237 e. The molecule has 1 unspecified atom stereocenters. The van der Waals surface area contributed by atoms with Crippen LogP contribution < -0.4 is 10.1 Å². The molecule has 24 heavy (non-hydrogen) atoms. The molecular formula is C17H22N4O2S. The van der Waals surface area contributed by atoms with Crippen LogP contribution in [0.15, 0.2) is 36.0 Å². The van der Waals surface area contributed by atoms with E-state index >= 15 is 0 Å². The van der Waals surface area contributed by atoms with Gasteiger partial charge >= 0.3 is 0 Å². The van der Waals surface area contributed by atoms with Crippen molar-refractivity contribution in [2.75, 3.05) is 12.4 Å². The quantitative estimate of drug-likeness (QED) is 0.616. The summed E-state index contributed by atoms with van der Waals surface area (Å²) in [4.78, 5) is 12.5. The SMILES string of the molecule is C=CCn1c(C)nnc1SC(C)C(=O)Nc1cc(C)ccc1OC. The summed E-state index contributed by atoms with van der Waals surface area (Å²) in [5.74, 6) is 1.32. The fourth-order valence-corrected chi connectivity index (χ4v) is 3.06. The van der Waals surface area contributed by atoms with Crippen molar-refractivity contribution in [3.05, 3.63) is 42.2 Å². The van der Waals surface area contributed by atoms with Gasteiger partial charge in [0.25, 0.3) is 0 Å². The minimum Gasteiger partial charge on any atom is -0.495 e. The van der Waals surface area contributed by atoms with Crippen LogP contribution in [0.4, 0.5) is 5.69 Å². The maximum absolute atomic E-state index is 12.5. The molecule has 0 bridgehead atoms. The fraction of sp³-hybridized carbons (Fsp3) is 0.353. The third-order valence-corrected chi connectivity index (χ3v) is 4.56. The number of nitrogens with one attached hydrogen (secondary N) is 1. The molecule has 0 aliphatic carbocycles. The van der Waals surface area contributed by atoms with Crippen molar-refractivity contribution in [1.29, 1.82) is 0 Å². The van der Waals surface area contributed by atoms with Gasteiger partial charge in [-0.25, -0.2) is 0 Å². The summed E-state index contributed by atoms with van der Waals surface area (Å²) in [6.07, 6.45) is 1.78. The Kier molecular flexibility index (Phi) is 6.03. The van der Waals surface area contributed by atoms with Gasteiger partial charge in [0, 0.05) is 6.54 Å². The van der Waals surface area contributed by atoms with Crippen molar-refractivity contribution >= 4 is 23.4 Å². The molecule has 2 rings (SSSR count). The van der Waals surface area contributed by atoms with Crippen LogP contribution in [0, 0.1) is 13.8 Å². The molecule has 0 aliphatic rings. The lowest BCUT2D eigenvalue weighted by atomic mass is 10.2. The third-order valence-electron chi connectivity index (χ3n) is 3.48. The molecule has 1 heterocycles. The zero-order valence-electron chi connectivity index (χ0n) is 14.4. The van der Waals surface area contributed by atoms with E-state index in [9.17, 15) is 4.79 Å². The minimum absolute atomic E-state index is 0.116. The van der Waals surface area contributed by atoms with Crippen molar-refractivity contribution < 1.29 is 9.53 Å². The van der Waals surface area contributed by atoms with Gasteiger partial charge in [-0.3, -0.25) is 4.79 Å². The molecule has 1 atom stereocenters. The first-order valence-corrected chi connectivity index (χ1v) is 8.47. The van der Waals surface area contributed by atoms with E-state index in [0.29, 0.717) is 23.1 Å². The Morgan fingerprint density at radius 3 is 2.88 bits per heavy atom. The molecule has 1 aromatic heterocycles. The molecular weight excluding hydrogens is 324 g/mol. The Morgan fingerprint density at radius 1 is 1.46 bits per heavy atom.